The summed E-state index contributed by atoms with van der Waals surface area (Å²) in [6.45, 7) is -0.228. The summed E-state index contributed by atoms with van der Waals surface area (Å²) in [4.78, 5) is 10.7. The van der Waals surface area contributed by atoms with E-state index in [9.17, 15) is 15.0 Å². The smallest absolute Gasteiger partial charge is 0.345 e. The van der Waals surface area contributed by atoms with Crippen LogP contribution in [0.3, 0.4) is 0 Å². The van der Waals surface area contributed by atoms with Crippen LogP contribution in [0, 0.1) is 0 Å². The number of carbonyl (C=O) groups is 1. The number of carboxylic acids is 1. The first-order valence-electron chi connectivity index (χ1n) is 4.35. The van der Waals surface area contributed by atoms with E-state index in [1.54, 1.807) is 0 Å². The van der Waals surface area contributed by atoms with Crippen LogP contribution >= 0.6 is 11.3 Å². The van der Waals surface area contributed by atoms with E-state index in [2.05, 4.69) is 0 Å². The molecular formula is C9H12O5S. The molecule has 0 aliphatic carbocycles. The maximum absolute atomic E-state index is 10.6. The van der Waals surface area contributed by atoms with Crippen molar-refractivity contribution in [3.63, 3.8) is 0 Å². The van der Waals surface area contributed by atoms with Gasteiger partial charge in [-0.2, -0.15) is 0 Å². The summed E-state index contributed by atoms with van der Waals surface area (Å²) in [5, 5.41) is 37.6. The van der Waals surface area contributed by atoms with Crippen LogP contribution < -0.4 is 0 Å². The fourth-order valence-electron chi connectivity index (χ4n) is 1.13. The van der Waals surface area contributed by atoms with Gasteiger partial charge in [0.2, 0.25) is 0 Å². The molecule has 1 aromatic rings. The lowest BCUT2D eigenvalue weighted by molar-refractivity contribution is 0.00440. The molecule has 5 nitrogen and oxygen atoms in total. The summed E-state index contributed by atoms with van der Waals surface area (Å²) in [7, 11) is 0. The largest absolute Gasteiger partial charge is 0.477 e. The van der Waals surface area contributed by atoms with Gasteiger partial charge < -0.3 is 20.4 Å². The van der Waals surface area contributed by atoms with Gasteiger partial charge in [0.1, 0.15) is 11.0 Å². The molecule has 0 fully saturated rings. The Labute approximate surface area is 90.2 Å². The molecule has 2 unspecified atom stereocenters. The topological polar surface area (TPSA) is 98.0 Å². The third kappa shape index (κ3) is 3.00. The van der Waals surface area contributed by atoms with Gasteiger partial charge >= 0.3 is 5.97 Å². The lowest BCUT2D eigenvalue weighted by Crippen LogP contribution is -2.18. The van der Waals surface area contributed by atoms with Gasteiger partial charge in [0.25, 0.3) is 0 Å². The Balaban J connectivity index is 2.73. The number of hydrogen-bond donors (Lipinski definition) is 4. The molecule has 0 saturated heterocycles. The maximum Gasteiger partial charge on any atom is 0.345 e. The lowest BCUT2D eigenvalue weighted by atomic mass is 10.1. The van der Waals surface area contributed by atoms with Gasteiger partial charge in [-0.25, -0.2) is 4.79 Å². The van der Waals surface area contributed by atoms with Crippen LogP contribution in [0.1, 0.15) is 27.8 Å². The molecule has 0 saturated carbocycles. The van der Waals surface area contributed by atoms with Crippen molar-refractivity contribution in [1.29, 1.82) is 0 Å². The second-order valence-electron chi connectivity index (χ2n) is 3.07. The maximum atomic E-state index is 10.6. The van der Waals surface area contributed by atoms with Gasteiger partial charge in [-0.15, -0.1) is 11.3 Å². The van der Waals surface area contributed by atoms with Crippen molar-refractivity contribution in [2.24, 2.45) is 0 Å². The molecule has 1 heterocycles. The Morgan fingerprint density at radius 3 is 2.60 bits per heavy atom. The summed E-state index contributed by atoms with van der Waals surface area (Å²) < 4.78 is 0. The van der Waals surface area contributed by atoms with E-state index in [-0.39, 0.29) is 17.9 Å². The van der Waals surface area contributed by atoms with Gasteiger partial charge in [-0.1, -0.05) is 0 Å². The third-order valence-corrected chi connectivity index (χ3v) is 2.90. The first-order chi connectivity index (χ1) is 7.06. The number of aliphatic hydroxyl groups excluding tert-OH is 3. The van der Waals surface area contributed by atoms with Crippen molar-refractivity contribution < 1.29 is 25.2 Å². The van der Waals surface area contributed by atoms with Crippen molar-refractivity contribution in [2.75, 3.05) is 6.61 Å². The highest BCUT2D eigenvalue weighted by Gasteiger charge is 2.20. The molecule has 0 spiro atoms. The zero-order chi connectivity index (χ0) is 11.4. The minimum Gasteiger partial charge on any atom is -0.477 e. The molecule has 6 heteroatoms. The average molecular weight is 232 g/mol. The third-order valence-electron chi connectivity index (χ3n) is 1.96. The predicted octanol–water partition coefficient (Wildman–Crippen LogP) is 0.223. The summed E-state index contributed by atoms with van der Waals surface area (Å²) >= 11 is 0.988. The van der Waals surface area contributed by atoms with E-state index < -0.39 is 18.2 Å². The minimum atomic E-state index is -1.15. The number of carboxylic acid groups (broad SMARTS) is 1. The molecule has 1 rings (SSSR count). The van der Waals surface area contributed by atoms with Crippen LogP contribution in [-0.4, -0.2) is 39.1 Å². The van der Waals surface area contributed by atoms with E-state index in [0.717, 1.165) is 11.3 Å². The molecule has 4 N–H and O–H groups in total. The van der Waals surface area contributed by atoms with Crippen molar-refractivity contribution >= 4 is 17.3 Å². The van der Waals surface area contributed by atoms with Crippen molar-refractivity contribution in [2.45, 2.75) is 18.6 Å². The summed E-state index contributed by atoms with van der Waals surface area (Å²) in [5.41, 5.74) is 0.360. The highest BCUT2D eigenvalue weighted by Crippen LogP contribution is 2.24. The van der Waals surface area contributed by atoms with Crippen LogP contribution in [0.5, 0.6) is 0 Å². The standard InChI is InChI=1S/C9H12O5S/c10-2-1-6(11)8(12)5-3-7(9(13)14)15-4-5/h3-4,6,8,10-12H,1-2H2,(H,13,14). The van der Waals surface area contributed by atoms with Crippen LogP contribution in [0.15, 0.2) is 11.4 Å². The van der Waals surface area contributed by atoms with Crippen molar-refractivity contribution in [3.8, 4) is 0 Å². The second-order valence-corrected chi connectivity index (χ2v) is 3.99. The van der Waals surface area contributed by atoms with Crippen LogP contribution in [0.25, 0.3) is 0 Å². The zero-order valence-corrected chi connectivity index (χ0v) is 8.65. The molecule has 0 aliphatic rings. The normalized spacial score (nSPS) is 14.9. The van der Waals surface area contributed by atoms with Crippen molar-refractivity contribution in [1.82, 2.24) is 0 Å². The van der Waals surface area contributed by atoms with Crippen LogP contribution in [0.4, 0.5) is 0 Å². The van der Waals surface area contributed by atoms with Crippen LogP contribution in [-0.2, 0) is 0 Å². The molecule has 2 atom stereocenters. The first kappa shape index (κ1) is 12.1. The highest BCUT2D eigenvalue weighted by atomic mass is 32.1. The Bertz CT molecular complexity index is 335. The van der Waals surface area contributed by atoms with Crippen LogP contribution in [0.2, 0.25) is 0 Å². The SMILES string of the molecule is O=C(O)c1cc(C(O)C(O)CCO)cs1. The number of rotatable bonds is 5. The Kier molecular flexibility index (Phi) is 4.22. The highest BCUT2D eigenvalue weighted by molar-refractivity contribution is 7.12. The summed E-state index contributed by atoms with van der Waals surface area (Å²) in [6, 6.07) is 1.32. The number of thiophene rings is 1. The van der Waals surface area contributed by atoms with E-state index in [4.69, 9.17) is 10.2 Å². The molecule has 0 aromatic carbocycles. The Morgan fingerprint density at radius 2 is 2.13 bits per heavy atom. The predicted molar refractivity (Wildman–Crippen MR) is 53.9 cm³/mol. The molecule has 0 aliphatic heterocycles. The fraction of sp³-hybridized carbons (Fsp3) is 0.444. The molecule has 84 valence electrons. The molecule has 0 amide bonds. The van der Waals surface area contributed by atoms with Crippen molar-refractivity contribution in [3.05, 3.63) is 21.9 Å². The second kappa shape index (κ2) is 5.22. The van der Waals surface area contributed by atoms with Gasteiger partial charge in [0, 0.05) is 6.61 Å². The molecule has 1 aromatic heterocycles. The monoisotopic (exact) mass is 232 g/mol. The molecular weight excluding hydrogens is 220 g/mol. The van der Waals surface area contributed by atoms with E-state index in [0.29, 0.717) is 5.56 Å². The van der Waals surface area contributed by atoms with E-state index >= 15 is 0 Å². The summed E-state index contributed by atoms with van der Waals surface area (Å²) in [6.07, 6.45) is -2.17. The lowest BCUT2D eigenvalue weighted by Gasteiger charge is -2.15. The minimum absolute atomic E-state index is 0.0550. The first-order valence-corrected chi connectivity index (χ1v) is 5.23. The number of hydrogen-bond acceptors (Lipinski definition) is 5. The van der Waals surface area contributed by atoms with Gasteiger partial charge in [-0.05, 0) is 23.4 Å². The molecule has 15 heavy (non-hydrogen) atoms. The quantitative estimate of drug-likeness (QED) is 0.582. The zero-order valence-electron chi connectivity index (χ0n) is 7.83. The number of aliphatic hydroxyl groups is 3. The average Bonchev–Trinajstić information content (AvgIpc) is 2.65. The van der Waals surface area contributed by atoms with Gasteiger partial charge in [0.15, 0.2) is 0 Å². The fourth-order valence-corrected chi connectivity index (χ4v) is 1.91. The Morgan fingerprint density at radius 1 is 1.47 bits per heavy atom. The van der Waals surface area contributed by atoms with Gasteiger partial charge in [-0.3, -0.25) is 0 Å². The van der Waals surface area contributed by atoms with Gasteiger partial charge in [0.05, 0.1) is 6.10 Å². The molecule has 0 radical (unpaired) electrons. The van der Waals surface area contributed by atoms with E-state index in [1.165, 1.54) is 11.4 Å². The van der Waals surface area contributed by atoms with E-state index in [1.807, 2.05) is 0 Å². The summed E-state index contributed by atoms with van der Waals surface area (Å²) in [5.74, 6) is -1.06. The Hall–Kier alpha value is -0.950. The molecule has 0 bridgehead atoms. The number of aromatic carboxylic acids is 1.